The van der Waals surface area contributed by atoms with Crippen LogP contribution in [-0.4, -0.2) is 55.6 Å². The van der Waals surface area contributed by atoms with Gasteiger partial charge in [0.05, 0.1) is 5.56 Å². The van der Waals surface area contributed by atoms with E-state index in [1.165, 1.54) is 0 Å². The van der Waals surface area contributed by atoms with Crippen LogP contribution in [0.25, 0.3) is 0 Å². The van der Waals surface area contributed by atoms with Crippen molar-refractivity contribution in [2.24, 2.45) is 5.92 Å². The zero-order valence-electron chi connectivity index (χ0n) is 14.9. The molecule has 1 aliphatic rings. The number of hydrogen-bond donors (Lipinski definition) is 3. The van der Waals surface area contributed by atoms with E-state index in [4.69, 9.17) is 4.98 Å². The van der Waals surface area contributed by atoms with Crippen molar-refractivity contribution in [3.63, 3.8) is 0 Å². The molecule has 0 saturated heterocycles. The van der Waals surface area contributed by atoms with Gasteiger partial charge in [-0.2, -0.15) is 0 Å². The van der Waals surface area contributed by atoms with Crippen LogP contribution in [0.1, 0.15) is 35.5 Å². The van der Waals surface area contributed by atoms with E-state index in [1.54, 1.807) is 19.0 Å². The van der Waals surface area contributed by atoms with Crippen LogP contribution in [0.2, 0.25) is 0 Å². The number of fused-ring (bicyclic) bond motifs is 1. The van der Waals surface area contributed by atoms with E-state index in [1.807, 2.05) is 6.07 Å². The highest BCUT2D eigenvalue weighted by molar-refractivity contribution is 5.98. The van der Waals surface area contributed by atoms with Crippen LogP contribution in [0.5, 0.6) is 0 Å². The maximum atomic E-state index is 12.2. The largest absolute Gasteiger partial charge is 0.369 e. The highest BCUT2D eigenvalue weighted by Gasteiger charge is 2.22. The monoisotopic (exact) mass is 333 g/mol. The second kappa shape index (κ2) is 7.99. The summed E-state index contributed by atoms with van der Waals surface area (Å²) in [4.78, 5) is 30.5. The molecule has 24 heavy (non-hydrogen) atoms. The Hall–Kier alpha value is -2.31. The number of anilines is 1. The first-order valence-electron chi connectivity index (χ1n) is 8.41. The van der Waals surface area contributed by atoms with Crippen LogP contribution >= 0.6 is 0 Å². The highest BCUT2D eigenvalue weighted by Crippen LogP contribution is 2.22. The maximum absolute atomic E-state index is 12.2. The van der Waals surface area contributed by atoms with Crippen LogP contribution in [-0.2, 0) is 12.8 Å². The van der Waals surface area contributed by atoms with Gasteiger partial charge in [-0.1, -0.05) is 13.8 Å². The van der Waals surface area contributed by atoms with Crippen molar-refractivity contribution in [2.75, 3.05) is 39.0 Å². The van der Waals surface area contributed by atoms with Gasteiger partial charge in [-0.25, -0.2) is 9.78 Å². The molecule has 0 spiro atoms. The molecular formula is C17H27N5O2. The Balaban J connectivity index is 2.30. The summed E-state index contributed by atoms with van der Waals surface area (Å²) >= 11 is 0. The fraction of sp³-hybridized carbons (Fsp3) is 0.588. The van der Waals surface area contributed by atoms with Gasteiger partial charge in [0.1, 0.15) is 5.82 Å². The molecule has 1 aliphatic heterocycles. The molecule has 7 heteroatoms. The van der Waals surface area contributed by atoms with Crippen molar-refractivity contribution in [3.05, 3.63) is 22.9 Å². The van der Waals surface area contributed by atoms with Gasteiger partial charge in [-0.15, -0.1) is 0 Å². The van der Waals surface area contributed by atoms with Gasteiger partial charge in [0.15, 0.2) is 0 Å². The molecule has 3 amide bonds. The Kier molecular flexibility index (Phi) is 6.00. The van der Waals surface area contributed by atoms with Gasteiger partial charge in [-0.3, -0.25) is 4.79 Å². The number of hydrogen-bond acceptors (Lipinski definition) is 4. The molecule has 7 nitrogen and oxygen atoms in total. The molecule has 0 bridgehead atoms. The van der Waals surface area contributed by atoms with Crippen molar-refractivity contribution in [1.29, 1.82) is 0 Å². The van der Waals surface area contributed by atoms with Gasteiger partial charge in [0, 0.05) is 45.8 Å². The van der Waals surface area contributed by atoms with Crippen LogP contribution in [0.3, 0.4) is 0 Å². The molecule has 0 aliphatic carbocycles. The smallest absolute Gasteiger partial charge is 0.317 e. The average Bonchev–Trinajstić information content (AvgIpc) is 2.79. The lowest BCUT2D eigenvalue weighted by molar-refractivity contribution is 0.0963. The molecule has 2 rings (SSSR count). The molecule has 1 aromatic heterocycles. The SMILES string of the molecule is CNC(=O)c1cc2c(nc1NCC(C)C)CCN(C(=O)NC)CC2. The Bertz CT molecular complexity index is 615. The molecule has 0 radical (unpaired) electrons. The highest BCUT2D eigenvalue weighted by atomic mass is 16.2. The fourth-order valence-electron chi connectivity index (χ4n) is 2.74. The topological polar surface area (TPSA) is 86.4 Å². The summed E-state index contributed by atoms with van der Waals surface area (Å²) in [5.74, 6) is 0.922. The Morgan fingerprint density at radius 2 is 1.92 bits per heavy atom. The number of urea groups is 1. The lowest BCUT2D eigenvalue weighted by atomic mass is 10.0. The third kappa shape index (κ3) is 4.15. The first kappa shape index (κ1) is 18.0. The fourth-order valence-corrected chi connectivity index (χ4v) is 2.74. The predicted molar refractivity (Wildman–Crippen MR) is 94.4 cm³/mol. The van der Waals surface area contributed by atoms with E-state index in [9.17, 15) is 9.59 Å². The van der Waals surface area contributed by atoms with Crippen molar-refractivity contribution >= 4 is 17.8 Å². The van der Waals surface area contributed by atoms with Gasteiger partial charge < -0.3 is 20.9 Å². The number of nitrogens with zero attached hydrogens (tertiary/aromatic N) is 2. The third-order valence-corrected chi connectivity index (χ3v) is 4.11. The van der Waals surface area contributed by atoms with Crippen molar-refractivity contribution in [3.8, 4) is 0 Å². The minimum atomic E-state index is -0.149. The van der Waals surface area contributed by atoms with E-state index in [0.29, 0.717) is 43.2 Å². The number of carbonyl (C=O) groups is 2. The van der Waals surface area contributed by atoms with Crippen LogP contribution in [0.4, 0.5) is 10.6 Å². The summed E-state index contributed by atoms with van der Waals surface area (Å²) in [6.45, 7) is 6.22. The Morgan fingerprint density at radius 1 is 1.21 bits per heavy atom. The number of carbonyl (C=O) groups excluding carboxylic acids is 2. The van der Waals surface area contributed by atoms with Crippen LogP contribution in [0, 0.1) is 5.92 Å². The summed E-state index contributed by atoms with van der Waals surface area (Å²) in [7, 11) is 3.25. The second-order valence-electron chi connectivity index (χ2n) is 6.39. The van der Waals surface area contributed by atoms with Gasteiger partial charge >= 0.3 is 6.03 Å². The van der Waals surface area contributed by atoms with Crippen molar-refractivity contribution in [2.45, 2.75) is 26.7 Å². The summed E-state index contributed by atoms with van der Waals surface area (Å²) in [5.41, 5.74) is 2.56. The van der Waals surface area contributed by atoms with E-state index in [2.05, 4.69) is 29.8 Å². The predicted octanol–water partition coefficient (Wildman–Crippen LogP) is 1.25. The number of pyridine rings is 1. The number of rotatable bonds is 4. The lowest BCUT2D eigenvalue weighted by Crippen LogP contribution is -2.39. The van der Waals surface area contributed by atoms with Crippen LogP contribution in [0.15, 0.2) is 6.07 Å². The summed E-state index contributed by atoms with van der Waals surface area (Å²) in [6.07, 6.45) is 1.39. The first-order chi connectivity index (χ1) is 11.5. The molecule has 0 saturated carbocycles. The lowest BCUT2D eigenvalue weighted by Gasteiger charge is -2.18. The third-order valence-electron chi connectivity index (χ3n) is 4.11. The van der Waals surface area contributed by atoms with Gasteiger partial charge in [0.2, 0.25) is 0 Å². The van der Waals surface area contributed by atoms with E-state index in [0.717, 1.165) is 17.8 Å². The van der Waals surface area contributed by atoms with E-state index >= 15 is 0 Å². The summed E-state index contributed by atoms with van der Waals surface area (Å²) in [5, 5.41) is 8.62. The second-order valence-corrected chi connectivity index (χ2v) is 6.39. The summed E-state index contributed by atoms with van der Waals surface area (Å²) in [6, 6.07) is 1.84. The Morgan fingerprint density at radius 3 is 2.54 bits per heavy atom. The molecule has 0 fully saturated rings. The molecule has 2 heterocycles. The van der Waals surface area contributed by atoms with Crippen LogP contribution < -0.4 is 16.0 Å². The molecule has 132 valence electrons. The van der Waals surface area contributed by atoms with Gasteiger partial charge in [0.25, 0.3) is 5.91 Å². The quantitative estimate of drug-likeness (QED) is 0.774. The number of aromatic nitrogens is 1. The molecule has 1 aromatic rings. The average molecular weight is 333 g/mol. The molecule has 0 aromatic carbocycles. The van der Waals surface area contributed by atoms with Crippen molar-refractivity contribution < 1.29 is 9.59 Å². The first-order valence-corrected chi connectivity index (χ1v) is 8.41. The Labute approximate surface area is 143 Å². The standard InChI is InChI=1S/C17H27N5O2/c1-11(2)10-20-15-13(16(23)18-3)9-12-5-7-22(17(24)19-4)8-6-14(12)21-15/h9,11H,5-8,10H2,1-4H3,(H,18,23)(H,19,24)(H,20,21). The number of amides is 3. The molecule has 3 N–H and O–H groups in total. The number of nitrogens with one attached hydrogen (secondary N) is 3. The summed E-state index contributed by atoms with van der Waals surface area (Å²) < 4.78 is 0. The normalized spacial score (nSPS) is 14.0. The van der Waals surface area contributed by atoms with Gasteiger partial charge in [-0.05, 0) is 24.0 Å². The van der Waals surface area contributed by atoms with E-state index in [-0.39, 0.29) is 11.9 Å². The molecule has 0 atom stereocenters. The van der Waals surface area contributed by atoms with E-state index < -0.39 is 0 Å². The zero-order valence-corrected chi connectivity index (χ0v) is 14.9. The molecular weight excluding hydrogens is 306 g/mol. The maximum Gasteiger partial charge on any atom is 0.317 e. The minimum Gasteiger partial charge on any atom is -0.369 e. The van der Waals surface area contributed by atoms with Crippen molar-refractivity contribution in [1.82, 2.24) is 20.5 Å². The minimum absolute atomic E-state index is 0.0764. The molecule has 0 unspecified atom stereocenters. The zero-order chi connectivity index (χ0) is 17.7.